The average molecular weight is 186 g/mol. The van der Waals surface area contributed by atoms with Gasteiger partial charge in [0.25, 0.3) is 0 Å². The summed E-state index contributed by atoms with van der Waals surface area (Å²) in [6, 6.07) is 9.62. The van der Waals surface area contributed by atoms with Crippen LogP contribution in [0.5, 0.6) is 0 Å². The fourth-order valence-electron chi connectivity index (χ4n) is 2.69. The van der Waals surface area contributed by atoms with Crippen LogP contribution in [-0.2, 0) is 0 Å². The molecule has 2 bridgehead atoms. The van der Waals surface area contributed by atoms with E-state index in [1.54, 1.807) is 0 Å². The van der Waals surface area contributed by atoms with Crippen LogP contribution < -0.4 is 4.90 Å². The van der Waals surface area contributed by atoms with Gasteiger partial charge in [-0.25, -0.2) is 0 Å². The largest absolute Gasteiger partial charge is 0.363 e. The minimum absolute atomic E-state index is 0.609. The van der Waals surface area contributed by atoms with Crippen LogP contribution in [0.3, 0.4) is 0 Å². The predicted octanol–water partition coefficient (Wildman–Crippen LogP) is 2.62. The third-order valence-electron chi connectivity index (χ3n) is 3.54. The molecule has 0 spiro atoms. The summed E-state index contributed by atoms with van der Waals surface area (Å²) in [5.74, 6) is 0.627. The van der Waals surface area contributed by atoms with Crippen molar-refractivity contribution in [2.45, 2.75) is 25.9 Å². The highest BCUT2D eigenvalue weighted by Gasteiger charge is 2.43. The van der Waals surface area contributed by atoms with Gasteiger partial charge in [-0.05, 0) is 26.0 Å². The molecule has 1 saturated heterocycles. The van der Waals surface area contributed by atoms with Gasteiger partial charge in [0.2, 0.25) is 0 Å². The molecule has 0 N–H and O–H groups in total. The lowest BCUT2D eigenvalue weighted by atomic mass is 9.82. The van der Waals surface area contributed by atoms with Crippen molar-refractivity contribution < 1.29 is 0 Å². The Hall–Kier alpha value is -1.31. The van der Waals surface area contributed by atoms with Gasteiger partial charge in [0.1, 0.15) is 0 Å². The van der Waals surface area contributed by atoms with Crippen LogP contribution in [0.15, 0.2) is 29.3 Å². The Morgan fingerprint density at radius 2 is 1.86 bits per heavy atom. The van der Waals surface area contributed by atoms with Crippen molar-refractivity contribution in [3.05, 3.63) is 24.3 Å². The van der Waals surface area contributed by atoms with Gasteiger partial charge in [0, 0.05) is 24.2 Å². The maximum Gasteiger partial charge on any atom is 0.0859 e. The molecule has 0 aliphatic carbocycles. The third-order valence-corrected chi connectivity index (χ3v) is 3.54. The smallest absolute Gasteiger partial charge is 0.0859 e. The van der Waals surface area contributed by atoms with Crippen LogP contribution in [0, 0.1) is 5.92 Å². The van der Waals surface area contributed by atoms with E-state index >= 15 is 0 Å². The molecule has 72 valence electrons. The molecular weight excluding hydrogens is 172 g/mol. The van der Waals surface area contributed by atoms with Gasteiger partial charge in [-0.2, -0.15) is 0 Å². The first-order valence-electron chi connectivity index (χ1n) is 5.20. The third kappa shape index (κ3) is 0.834. The van der Waals surface area contributed by atoms with E-state index in [0.29, 0.717) is 18.0 Å². The molecule has 0 amide bonds. The molecule has 0 saturated carbocycles. The number of rotatable bonds is 0. The van der Waals surface area contributed by atoms with E-state index in [1.807, 2.05) is 0 Å². The molecule has 14 heavy (non-hydrogen) atoms. The number of hydrogen-bond donors (Lipinski definition) is 0. The quantitative estimate of drug-likeness (QED) is 0.608. The molecule has 3 aliphatic heterocycles. The van der Waals surface area contributed by atoms with Crippen molar-refractivity contribution >= 4 is 17.6 Å². The van der Waals surface area contributed by atoms with Crippen LogP contribution in [0.25, 0.3) is 0 Å². The van der Waals surface area contributed by atoms with Gasteiger partial charge in [-0.15, -0.1) is 0 Å². The van der Waals surface area contributed by atoms with Gasteiger partial charge in [0.05, 0.1) is 11.4 Å². The fourth-order valence-corrected chi connectivity index (χ4v) is 2.69. The summed E-state index contributed by atoms with van der Waals surface area (Å²) >= 11 is 0. The Kier molecular flexibility index (Phi) is 1.49. The van der Waals surface area contributed by atoms with E-state index in [0.717, 1.165) is 5.69 Å². The van der Waals surface area contributed by atoms with E-state index in [-0.39, 0.29) is 0 Å². The molecule has 0 aromatic heterocycles. The normalized spacial score (nSPS) is 33.3. The molecule has 3 heterocycles. The fraction of sp³-hybridized carbons (Fsp3) is 0.417. The van der Waals surface area contributed by atoms with Crippen molar-refractivity contribution in [1.82, 2.24) is 0 Å². The number of nitrogens with zero attached hydrogens (tertiary/aromatic N) is 2. The molecule has 1 aromatic carbocycles. The van der Waals surface area contributed by atoms with Gasteiger partial charge in [-0.3, -0.25) is 4.99 Å². The van der Waals surface area contributed by atoms with E-state index in [9.17, 15) is 0 Å². The minimum Gasteiger partial charge on any atom is -0.363 e. The van der Waals surface area contributed by atoms with E-state index < -0.39 is 0 Å². The zero-order chi connectivity index (χ0) is 9.71. The van der Waals surface area contributed by atoms with Gasteiger partial charge >= 0.3 is 0 Å². The van der Waals surface area contributed by atoms with E-state index in [2.05, 4.69) is 54.2 Å². The topological polar surface area (TPSA) is 15.6 Å². The van der Waals surface area contributed by atoms with Crippen molar-refractivity contribution in [3.8, 4) is 0 Å². The summed E-state index contributed by atoms with van der Waals surface area (Å²) < 4.78 is 0. The molecule has 3 aliphatic rings. The Bertz CT molecular complexity index is 387. The van der Waals surface area contributed by atoms with Crippen LogP contribution in [0.2, 0.25) is 0 Å². The molecule has 1 fully saturated rings. The van der Waals surface area contributed by atoms with Crippen LogP contribution in [-0.4, -0.2) is 18.3 Å². The molecule has 2 nitrogen and oxygen atoms in total. The first-order chi connectivity index (χ1) is 6.79. The highest BCUT2D eigenvalue weighted by molar-refractivity contribution is 5.83. The highest BCUT2D eigenvalue weighted by Crippen LogP contribution is 2.43. The summed E-state index contributed by atoms with van der Waals surface area (Å²) in [5.41, 5.74) is 2.41. The van der Waals surface area contributed by atoms with Crippen molar-refractivity contribution in [2.75, 3.05) is 4.90 Å². The molecule has 2 atom stereocenters. The lowest BCUT2D eigenvalue weighted by Gasteiger charge is -2.51. The first kappa shape index (κ1) is 8.04. The average Bonchev–Trinajstić information content (AvgIpc) is 2.44. The van der Waals surface area contributed by atoms with Gasteiger partial charge in [-0.1, -0.05) is 12.1 Å². The Labute approximate surface area is 84.3 Å². The maximum absolute atomic E-state index is 4.54. The van der Waals surface area contributed by atoms with Crippen molar-refractivity contribution in [1.29, 1.82) is 0 Å². The van der Waals surface area contributed by atoms with E-state index in [4.69, 9.17) is 0 Å². The summed E-state index contributed by atoms with van der Waals surface area (Å²) in [5, 5.41) is 0. The monoisotopic (exact) mass is 186 g/mol. The number of anilines is 1. The molecular formula is C12H14N2. The number of aliphatic imine (C=N–C) groups is 1. The summed E-state index contributed by atoms with van der Waals surface area (Å²) in [7, 11) is 0. The lowest BCUT2D eigenvalue weighted by molar-refractivity contribution is 0.316. The lowest BCUT2D eigenvalue weighted by Crippen LogP contribution is -2.61. The highest BCUT2D eigenvalue weighted by atomic mass is 15.3. The molecule has 2 heteroatoms. The Balaban J connectivity index is 2.17. The Morgan fingerprint density at radius 3 is 2.64 bits per heavy atom. The summed E-state index contributed by atoms with van der Waals surface area (Å²) in [4.78, 5) is 7.01. The van der Waals surface area contributed by atoms with Gasteiger partial charge < -0.3 is 4.90 Å². The van der Waals surface area contributed by atoms with Crippen molar-refractivity contribution in [3.63, 3.8) is 0 Å². The zero-order valence-electron chi connectivity index (χ0n) is 8.51. The Morgan fingerprint density at radius 1 is 1.14 bits per heavy atom. The second-order valence-electron chi connectivity index (χ2n) is 4.23. The minimum atomic E-state index is 0.609. The number of benzene rings is 1. The van der Waals surface area contributed by atoms with Crippen LogP contribution in [0.4, 0.5) is 11.4 Å². The summed E-state index contributed by atoms with van der Waals surface area (Å²) in [6.07, 6.45) is 2.12. The standard InChI is InChI=1S/C12H14N2/c1-8-10-7-13-11-5-3-4-6-12(11)14(8)9(10)2/h3-10H,1-2H3. The van der Waals surface area contributed by atoms with Crippen LogP contribution >= 0.6 is 0 Å². The van der Waals surface area contributed by atoms with E-state index in [1.165, 1.54) is 5.69 Å². The molecule has 4 rings (SSSR count). The number of para-hydroxylation sites is 2. The molecule has 0 radical (unpaired) electrons. The second kappa shape index (κ2) is 2.59. The predicted molar refractivity (Wildman–Crippen MR) is 59.5 cm³/mol. The summed E-state index contributed by atoms with van der Waals surface area (Å²) in [6.45, 7) is 4.55. The molecule has 1 aromatic rings. The van der Waals surface area contributed by atoms with Crippen molar-refractivity contribution in [2.24, 2.45) is 10.9 Å². The second-order valence-corrected chi connectivity index (χ2v) is 4.23. The van der Waals surface area contributed by atoms with Gasteiger partial charge in [0.15, 0.2) is 0 Å². The number of hydrogen-bond acceptors (Lipinski definition) is 2. The SMILES string of the molecule is CC1C2C=Nc3ccccc3N1C2C. The molecule has 2 unspecified atom stereocenters. The first-order valence-corrected chi connectivity index (χ1v) is 5.20. The maximum atomic E-state index is 4.54. The van der Waals surface area contributed by atoms with Crippen LogP contribution in [0.1, 0.15) is 13.8 Å². The zero-order valence-corrected chi connectivity index (χ0v) is 8.51.